The Kier molecular flexibility index (Phi) is 4.47. The molecule has 1 aromatic heterocycles. The number of aromatic nitrogens is 1. The number of hydrogen-bond acceptors (Lipinski definition) is 3. The first kappa shape index (κ1) is 14.6. The minimum Gasteiger partial charge on any atom is -0.469 e. The lowest BCUT2D eigenvalue weighted by molar-refractivity contribution is -0.146. The SMILES string of the molecule is COC(=O)C1CCC(NC(=O)c2ccc(C)n2C)CC1. The van der Waals surface area contributed by atoms with Crippen LogP contribution in [-0.2, 0) is 16.6 Å². The molecule has 0 unspecified atom stereocenters. The lowest BCUT2D eigenvalue weighted by atomic mass is 9.86. The maximum Gasteiger partial charge on any atom is 0.308 e. The summed E-state index contributed by atoms with van der Waals surface area (Å²) in [6.45, 7) is 1.97. The zero-order valence-electron chi connectivity index (χ0n) is 12.3. The third-order valence-corrected chi connectivity index (χ3v) is 4.20. The van der Waals surface area contributed by atoms with Crippen molar-refractivity contribution in [2.45, 2.75) is 38.6 Å². The number of amides is 1. The number of nitrogens with zero attached hydrogens (tertiary/aromatic N) is 1. The molecule has 0 bridgehead atoms. The highest BCUT2D eigenvalue weighted by Gasteiger charge is 2.28. The predicted molar refractivity (Wildman–Crippen MR) is 75.4 cm³/mol. The van der Waals surface area contributed by atoms with Crippen LogP contribution in [0.3, 0.4) is 0 Å². The van der Waals surface area contributed by atoms with Gasteiger partial charge in [-0.2, -0.15) is 0 Å². The molecule has 0 aromatic carbocycles. The first-order chi connectivity index (χ1) is 9.52. The molecule has 2 rings (SSSR count). The van der Waals surface area contributed by atoms with Crippen LogP contribution in [0.2, 0.25) is 0 Å². The smallest absolute Gasteiger partial charge is 0.308 e. The molecule has 5 nitrogen and oxygen atoms in total. The Hall–Kier alpha value is -1.78. The average Bonchev–Trinajstić information content (AvgIpc) is 2.79. The fourth-order valence-corrected chi connectivity index (χ4v) is 2.74. The van der Waals surface area contributed by atoms with Gasteiger partial charge in [0.25, 0.3) is 5.91 Å². The summed E-state index contributed by atoms with van der Waals surface area (Å²) in [6, 6.07) is 3.92. The maximum atomic E-state index is 12.2. The van der Waals surface area contributed by atoms with E-state index in [1.165, 1.54) is 7.11 Å². The molecular formula is C15H22N2O3. The monoisotopic (exact) mass is 278 g/mol. The van der Waals surface area contributed by atoms with Crippen LogP contribution in [0.15, 0.2) is 12.1 Å². The van der Waals surface area contributed by atoms with Crippen LogP contribution in [0.4, 0.5) is 0 Å². The Morgan fingerprint density at radius 3 is 2.40 bits per heavy atom. The van der Waals surface area contributed by atoms with Crippen LogP contribution in [0.1, 0.15) is 41.9 Å². The predicted octanol–water partition coefficient (Wildman–Crippen LogP) is 1.80. The van der Waals surface area contributed by atoms with E-state index in [0.29, 0.717) is 5.69 Å². The molecule has 0 atom stereocenters. The summed E-state index contributed by atoms with van der Waals surface area (Å²) in [7, 11) is 3.31. The van der Waals surface area contributed by atoms with E-state index in [-0.39, 0.29) is 23.8 Å². The Bertz CT molecular complexity index is 499. The van der Waals surface area contributed by atoms with Crippen molar-refractivity contribution in [1.29, 1.82) is 0 Å². The minimum absolute atomic E-state index is 0.00886. The number of aryl methyl sites for hydroxylation is 1. The van der Waals surface area contributed by atoms with Gasteiger partial charge < -0.3 is 14.6 Å². The lowest BCUT2D eigenvalue weighted by Crippen LogP contribution is -2.39. The molecule has 0 saturated heterocycles. The first-order valence-electron chi connectivity index (χ1n) is 7.04. The molecule has 5 heteroatoms. The van der Waals surface area contributed by atoms with Crippen LogP contribution in [0.25, 0.3) is 0 Å². The molecule has 1 heterocycles. The molecule has 1 aliphatic carbocycles. The molecule has 1 fully saturated rings. The standard InChI is InChI=1S/C15H22N2O3/c1-10-4-9-13(17(10)2)14(18)16-12-7-5-11(6-8-12)15(19)20-3/h4,9,11-12H,5-8H2,1-3H3,(H,16,18). The molecule has 1 N–H and O–H groups in total. The Balaban J connectivity index is 1.88. The Morgan fingerprint density at radius 2 is 1.90 bits per heavy atom. The maximum absolute atomic E-state index is 12.2. The number of ether oxygens (including phenoxy) is 1. The highest BCUT2D eigenvalue weighted by molar-refractivity contribution is 5.93. The van der Waals surface area contributed by atoms with Crippen molar-refractivity contribution in [3.63, 3.8) is 0 Å². The molecule has 20 heavy (non-hydrogen) atoms. The minimum atomic E-state index is -0.132. The summed E-state index contributed by atoms with van der Waals surface area (Å²) in [4.78, 5) is 23.6. The van der Waals surface area contributed by atoms with Gasteiger partial charge >= 0.3 is 5.97 Å². The van der Waals surface area contributed by atoms with Crippen molar-refractivity contribution in [3.05, 3.63) is 23.5 Å². The largest absolute Gasteiger partial charge is 0.469 e. The van der Waals surface area contributed by atoms with E-state index >= 15 is 0 Å². The third kappa shape index (κ3) is 3.03. The highest BCUT2D eigenvalue weighted by Crippen LogP contribution is 2.25. The van der Waals surface area contributed by atoms with E-state index < -0.39 is 0 Å². The van der Waals surface area contributed by atoms with Gasteiger partial charge in [-0.25, -0.2) is 0 Å². The van der Waals surface area contributed by atoms with E-state index in [2.05, 4.69) is 5.32 Å². The highest BCUT2D eigenvalue weighted by atomic mass is 16.5. The van der Waals surface area contributed by atoms with Crippen LogP contribution >= 0.6 is 0 Å². The van der Waals surface area contributed by atoms with Crippen LogP contribution < -0.4 is 5.32 Å². The second-order valence-electron chi connectivity index (χ2n) is 5.46. The number of carbonyl (C=O) groups excluding carboxylic acids is 2. The van der Waals surface area contributed by atoms with Crippen LogP contribution in [0, 0.1) is 12.8 Å². The summed E-state index contributed by atoms with van der Waals surface area (Å²) in [5.41, 5.74) is 1.74. The molecule has 110 valence electrons. The summed E-state index contributed by atoms with van der Waals surface area (Å²) in [5.74, 6) is -0.180. The zero-order valence-corrected chi connectivity index (χ0v) is 12.3. The fraction of sp³-hybridized carbons (Fsp3) is 0.600. The van der Waals surface area contributed by atoms with Gasteiger partial charge in [-0.15, -0.1) is 0 Å². The molecular weight excluding hydrogens is 256 g/mol. The van der Waals surface area contributed by atoms with Crippen LogP contribution in [-0.4, -0.2) is 29.6 Å². The fourth-order valence-electron chi connectivity index (χ4n) is 2.74. The molecule has 1 aromatic rings. The van der Waals surface area contributed by atoms with Gasteiger partial charge in [-0.1, -0.05) is 0 Å². The average molecular weight is 278 g/mol. The summed E-state index contributed by atoms with van der Waals surface area (Å²) in [6.07, 6.45) is 3.22. The lowest BCUT2D eigenvalue weighted by Gasteiger charge is -2.27. The van der Waals surface area contributed by atoms with Gasteiger partial charge in [0.05, 0.1) is 13.0 Å². The molecule has 0 radical (unpaired) electrons. The molecule has 1 amide bonds. The second kappa shape index (κ2) is 6.11. The van der Waals surface area contributed by atoms with Crippen molar-refractivity contribution in [3.8, 4) is 0 Å². The number of hydrogen-bond donors (Lipinski definition) is 1. The second-order valence-corrected chi connectivity index (χ2v) is 5.46. The van der Waals surface area contributed by atoms with Crippen molar-refractivity contribution in [2.75, 3.05) is 7.11 Å². The van der Waals surface area contributed by atoms with E-state index in [9.17, 15) is 9.59 Å². The van der Waals surface area contributed by atoms with Gasteiger partial charge in [0.2, 0.25) is 0 Å². The number of rotatable bonds is 3. The molecule has 0 spiro atoms. The van der Waals surface area contributed by atoms with E-state index in [1.54, 1.807) is 0 Å². The number of nitrogens with one attached hydrogen (secondary N) is 1. The van der Waals surface area contributed by atoms with Gasteiger partial charge in [0.15, 0.2) is 0 Å². The van der Waals surface area contributed by atoms with E-state index in [0.717, 1.165) is 31.4 Å². The molecule has 1 saturated carbocycles. The molecule has 0 aliphatic heterocycles. The van der Waals surface area contributed by atoms with Crippen molar-refractivity contribution < 1.29 is 14.3 Å². The Labute approximate surface area is 119 Å². The summed E-state index contributed by atoms with van der Waals surface area (Å²) >= 11 is 0. The quantitative estimate of drug-likeness (QED) is 0.858. The number of methoxy groups -OCH3 is 1. The van der Waals surface area contributed by atoms with Crippen molar-refractivity contribution in [2.24, 2.45) is 13.0 Å². The summed E-state index contributed by atoms with van der Waals surface area (Å²) < 4.78 is 6.65. The third-order valence-electron chi connectivity index (χ3n) is 4.20. The van der Waals surface area contributed by atoms with Crippen molar-refractivity contribution in [1.82, 2.24) is 9.88 Å². The Morgan fingerprint density at radius 1 is 1.25 bits per heavy atom. The number of esters is 1. The van der Waals surface area contributed by atoms with Crippen molar-refractivity contribution >= 4 is 11.9 Å². The normalized spacial score (nSPS) is 22.4. The van der Waals surface area contributed by atoms with Gasteiger partial charge in [-0.3, -0.25) is 9.59 Å². The van der Waals surface area contributed by atoms with Crippen LogP contribution in [0.5, 0.6) is 0 Å². The van der Waals surface area contributed by atoms with Gasteiger partial charge in [-0.05, 0) is 44.7 Å². The van der Waals surface area contributed by atoms with Gasteiger partial charge in [0.1, 0.15) is 5.69 Å². The first-order valence-corrected chi connectivity index (χ1v) is 7.04. The summed E-state index contributed by atoms with van der Waals surface area (Å²) in [5, 5.41) is 3.05. The van der Waals surface area contributed by atoms with E-state index in [4.69, 9.17) is 4.74 Å². The number of carbonyl (C=O) groups is 2. The zero-order chi connectivity index (χ0) is 14.7. The topological polar surface area (TPSA) is 60.3 Å². The van der Waals surface area contributed by atoms with E-state index in [1.807, 2.05) is 30.7 Å². The van der Waals surface area contributed by atoms with Gasteiger partial charge in [0, 0.05) is 18.8 Å². The molecule has 1 aliphatic rings.